The number of aryl methyl sites for hydroxylation is 1. The highest BCUT2D eigenvalue weighted by atomic mass is 16.5. The summed E-state index contributed by atoms with van der Waals surface area (Å²) < 4.78 is 11.7. The molecule has 0 saturated heterocycles. The number of hydrogen-bond acceptors (Lipinski definition) is 4. The van der Waals surface area contributed by atoms with Crippen LogP contribution in [-0.4, -0.2) is 29.3 Å². The third-order valence-corrected chi connectivity index (χ3v) is 7.91. The molecule has 0 aromatic heterocycles. The number of carbonyl (C=O) groups is 2. The normalized spacial score (nSPS) is 27.1. The molecule has 2 aromatic carbocycles. The Morgan fingerprint density at radius 3 is 2.48 bits per heavy atom. The monoisotopic (exact) mass is 452 g/mol. The third kappa shape index (κ3) is 4.19. The van der Waals surface area contributed by atoms with Crippen LogP contribution in [0.2, 0.25) is 0 Å². The average Bonchev–Trinajstić information content (AvgIpc) is 2.81. The summed E-state index contributed by atoms with van der Waals surface area (Å²) in [6, 6.07) is 14.0. The summed E-state index contributed by atoms with van der Waals surface area (Å²) in [6.45, 7) is 3.83. The highest BCUT2D eigenvalue weighted by molar-refractivity contribution is 5.77. The minimum absolute atomic E-state index is 0.000701. The van der Waals surface area contributed by atoms with Crippen molar-refractivity contribution in [2.24, 2.45) is 23.2 Å². The van der Waals surface area contributed by atoms with E-state index in [2.05, 4.69) is 0 Å². The topological polar surface area (TPSA) is 93.1 Å². The van der Waals surface area contributed by atoms with E-state index in [0.717, 1.165) is 30.4 Å². The highest BCUT2D eigenvalue weighted by Gasteiger charge is 2.55. The summed E-state index contributed by atoms with van der Waals surface area (Å²) in [7, 11) is 1.62. The number of benzene rings is 2. The van der Waals surface area contributed by atoms with Crippen molar-refractivity contribution in [3.8, 4) is 11.5 Å². The Morgan fingerprint density at radius 1 is 1.12 bits per heavy atom. The van der Waals surface area contributed by atoms with Crippen molar-refractivity contribution in [2.75, 3.05) is 7.11 Å². The van der Waals surface area contributed by atoms with E-state index in [1.807, 2.05) is 42.5 Å². The van der Waals surface area contributed by atoms with E-state index in [4.69, 9.17) is 9.47 Å². The number of fused-ring (bicyclic) bond motifs is 3. The molecule has 33 heavy (non-hydrogen) atoms. The fourth-order valence-corrected chi connectivity index (χ4v) is 6.16. The molecule has 0 aliphatic heterocycles. The van der Waals surface area contributed by atoms with Crippen molar-refractivity contribution in [1.29, 1.82) is 0 Å². The molecule has 176 valence electrons. The third-order valence-electron chi connectivity index (χ3n) is 7.91. The number of ether oxygens (including phenoxy) is 2. The van der Waals surface area contributed by atoms with Gasteiger partial charge in [0.05, 0.1) is 18.4 Å². The van der Waals surface area contributed by atoms with Crippen LogP contribution in [0.25, 0.3) is 0 Å². The number of rotatable bonds is 7. The Labute approximate surface area is 194 Å². The molecule has 5 atom stereocenters. The van der Waals surface area contributed by atoms with Gasteiger partial charge in [0, 0.05) is 0 Å². The summed E-state index contributed by atoms with van der Waals surface area (Å²) >= 11 is 0. The predicted octanol–water partition coefficient (Wildman–Crippen LogP) is 5.14. The maximum atomic E-state index is 12.2. The van der Waals surface area contributed by atoms with Crippen LogP contribution < -0.4 is 9.47 Å². The predicted molar refractivity (Wildman–Crippen MR) is 124 cm³/mol. The molecule has 6 heteroatoms. The summed E-state index contributed by atoms with van der Waals surface area (Å²) in [5.74, 6) is -1.52. The molecular formula is C27H32O6. The molecule has 2 N–H and O–H groups in total. The van der Waals surface area contributed by atoms with Crippen LogP contribution in [0.1, 0.15) is 55.7 Å². The van der Waals surface area contributed by atoms with Crippen molar-refractivity contribution in [1.82, 2.24) is 0 Å². The van der Waals surface area contributed by atoms with Gasteiger partial charge < -0.3 is 19.7 Å². The van der Waals surface area contributed by atoms with E-state index < -0.39 is 29.2 Å². The maximum Gasteiger partial charge on any atom is 0.309 e. The van der Waals surface area contributed by atoms with Crippen LogP contribution in [0.15, 0.2) is 42.5 Å². The van der Waals surface area contributed by atoms with Crippen molar-refractivity contribution in [3.05, 3.63) is 59.2 Å². The molecule has 0 radical (unpaired) electrons. The first-order valence-corrected chi connectivity index (χ1v) is 11.6. The average molecular weight is 453 g/mol. The molecule has 1 saturated carbocycles. The molecule has 6 nitrogen and oxygen atoms in total. The number of carboxylic acids is 2. The molecular weight excluding hydrogens is 420 g/mol. The van der Waals surface area contributed by atoms with Gasteiger partial charge >= 0.3 is 11.9 Å². The SMILES string of the molecule is COc1cc2c(cc1OCc1ccccc1)CCC1C2CC[C@](C)(C(=O)O)C1[C@H](C)C(=O)O. The lowest BCUT2D eigenvalue weighted by atomic mass is 9.52. The summed E-state index contributed by atoms with van der Waals surface area (Å²) in [5.41, 5.74) is 2.35. The zero-order valence-electron chi connectivity index (χ0n) is 19.4. The van der Waals surface area contributed by atoms with Crippen LogP contribution in [0.4, 0.5) is 0 Å². The zero-order valence-corrected chi connectivity index (χ0v) is 19.4. The molecule has 0 amide bonds. The van der Waals surface area contributed by atoms with Crippen LogP contribution in [0.3, 0.4) is 0 Å². The molecule has 2 aliphatic carbocycles. The Hall–Kier alpha value is -3.02. The van der Waals surface area contributed by atoms with E-state index in [1.165, 1.54) is 5.56 Å². The Balaban J connectivity index is 1.66. The number of carboxylic acid groups (broad SMARTS) is 2. The van der Waals surface area contributed by atoms with Gasteiger partial charge in [-0.3, -0.25) is 9.59 Å². The van der Waals surface area contributed by atoms with Crippen LogP contribution in [0.5, 0.6) is 11.5 Å². The molecule has 2 aromatic rings. The number of methoxy groups -OCH3 is 1. The van der Waals surface area contributed by atoms with E-state index in [1.54, 1.807) is 21.0 Å². The maximum absolute atomic E-state index is 12.2. The van der Waals surface area contributed by atoms with Crippen LogP contribution in [-0.2, 0) is 22.6 Å². The Kier molecular flexibility index (Phi) is 6.37. The Bertz CT molecular complexity index is 1030. The van der Waals surface area contributed by atoms with Crippen molar-refractivity contribution < 1.29 is 29.3 Å². The minimum atomic E-state index is -1.04. The molecule has 0 bridgehead atoms. The van der Waals surface area contributed by atoms with Crippen LogP contribution >= 0.6 is 0 Å². The first kappa shape index (κ1) is 23.1. The van der Waals surface area contributed by atoms with Gasteiger partial charge in [-0.05, 0) is 79.2 Å². The standard InChI is InChI=1S/C27H32O6/c1-16(25(28)29)24-20-10-9-18-13-23(33-15-17-7-5-4-6-8-17)22(32-3)14-21(18)19(20)11-12-27(24,2)26(30)31/h4-8,13-14,16,19-20,24H,9-12,15H2,1-3H3,(H,28,29)(H,30,31)/t16-,19?,20?,24?,27-/m0/s1. The lowest BCUT2D eigenvalue weighted by Gasteiger charge is -2.51. The lowest BCUT2D eigenvalue weighted by molar-refractivity contribution is -0.164. The van der Waals surface area contributed by atoms with Gasteiger partial charge in [0.25, 0.3) is 0 Å². The number of hydrogen-bond donors (Lipinski definition) is 2. The van der Waals surface area contributed by atoms with Gasteiger partial charge in [0.1, 0.15) is 6.61 Å². The van der Waals surface area contributed by atoms with Gasteiger partial charge in [0.2, 0.25) is 0 Å². The van der Waals surface area contributed by atoms with E-state index in [0.29, 0.717) is 24.5 Å². The molecule has 1 fully saturated rings. The first-order chi connectivity index (χ1) is 15.8. The fourth-order valence-electron chi connectivity index (χ4n) is 6.16. The second kappa shape index (κ2) is 9.08. The first-order valence-electron chi connectivity index (χ1n) is 11.6. The number of aliphatic carboxylic acids is 2. The minimum Gasteiger partial charge on any atom is -0.493 e. The second-order valence-electron chi connectivity index (χ2n) is 9.70. The van der Waals surface area contributed by atoms with Crippen molar-refractivity contribution >= 4 is 11.9 Å². The van der Waals surface area contributed by atoms with Crippen LogP contribution in [0, 0.1) is 23.2 Å². The largest absolute Gasteiger partial charge is 0.493 e. The van der Waals surface area contributed by atoms with E-state index in [-0.39, 0.29) is 11.8 Å². The zero-order chi connectivity index (χ0) is 23.8. The van der Waals surface area contributed by atoms with Gasteiger partial charge in [-0.1, -0.05) is 37.3 Å². The quantitative estimate of drug-likeness (QED) is 0.604. The summed E-state index contributed by atoms with van der Waals surface area (Å²) in [6.07, 6.45) is 2.71. The Morgan fingerprint density at radius 2 is 1.85 bits per heavy atom. The molecule has 4 rings (SSSR count). The van der Waals surface area contributed by atoms with E-state index in [9.17, 15) is 19.8 Å². The molecule has 2 aliphatic rings. The van der Waals surface area contributed by atoms with Gasteiger partial charge in [-0.15, -0.1) is 0 Å². The van der Waals surface area contributed by atoms with Crippen molar-refractivity contribution in [2.45, 2.75) is 52.1 Å². The molecule has 0 heterocycles. The van der Waals surface area contributed by atoms with E-state index >= 15 is 0 Å². The molecule has 3 unspecified atom stereocenters. The van der Waals surface area contributed by atoms with Gasteiger partial charge in [-0.2, -0.15) is 0 Å². The highest BCUT2D eigenvalue weighted by Crippen LogP contribution is 2.58. The lowest BCUT2D eigenvalue weighted by Crippen LogP contribution is -2.51. The smallest absolute Gasteiger partial charge is 0.309 e. The second-order valence-corrected chi connectivity index (χ2v) is 9.70. The van der Waals surface area contributed by atoms with Crippen molar-refractivity contribution in [3.63, 3.8) is 0 Å². The summed E-state index contributed by atoms with van der Waals surface area (Å²) in [5, 5.41) is 19.8. The van der Waals surface area contributed by atoms with Gasteiger partial charge in [-0.25, -0.2) is 0 Å². The molecule has 0 spiro atoms. The summed E-state index contributed by atoms with van der Waals surface area (Å²) in [4.78, 5) is 24.2. The fraction of sp³-hybridized carbons (Fsp3) is 0.481. The van der Waals surface area contributed by atoms with Gasteiger partial charge in [0.15, 0.2) is 11.5 Å².